The Hall–Kier alpha value is -1.98. The number of halogens is 2. The van der Waals surface area contributed by atoms with Crippen LogP contribution < -0.4 is 5.32 Å². The van der Waals surface area contributed by atoms with Crippen LogP contribution in [0, 0.1) is 17.6 Å². The summed E-state index contributed by atoms with van der Waals surface area (Å²) in [5, 5.41) is 2.54. The van der Waals surface area contributed by atoms with Gasteiger partial charge < -0.3 is 10.1 Å². The minimum absolute atomic E-state index is 0.0255. The molecule has 0 bridgehead atoms. The highest BCUT2D eigenvalue weighted by Crippen LogP contribution is 2.33. The Morgan fingerprint density at radius 3 is 2.79 bits per heavy atom. The van der Waals surface area contributed by atoms with Gasteiger partial charge in [0, 0.05) is 24.9 Å². The van der Waals surface area contributed by atoms with Gasteiger partial charge in [0.1, 0.15) is 11.6 Å². The molecule has 1 amide bonds. The Morgan fingerprint density at radius 1 is 1.42 bits per heavy atom. The second-order valence-electron chi connectivity index (χ2n) is 4.41. The van der Waals surface area contributed by atoms with Crippen molar-refractivity contribution < 1.29 is 23.1 Å². The van der Waals surface area contributed by atoms with Crippen LogP contribution in [0.25, 0.3) is 0 Å². The number of nitrogens with one attached hydrogen (secondary N) is 1. The minimum atomic E-state index is -0.756. The SMILES string of the molecule is COC(=O)[C@@H]1CNC(=O)C[C@H]1c1ccc(F)cc1F. The van der Waals surface area contributed by atoms with Crippen molar-refractivity contribution in [2.24, 2.45) is 5.92 Å². The fourth-order valence-electron chi connectivity index (χ4n) is 2.31. The van der Waals surface area contributed by atoms with Gasteiger partial charge >= 0.3 is 5.97 Å². The summed E-state index contributed by atoms with van der Waals surface area (Å²) in [5.74, 6) is -3.54. The van der Waals surface area contributed by atoms with Crippen molar-refractivity contribution in [3.63, 3.8) is 0 Å². The third-order valence-electron chi connectivity index (χ3n) is 3.28. The summed E-state index contributed by atoms with van der Waals surface area (Å²) in [6, 6.07) is 3.12. The van der Waals surface area contributed by atoms with E-state index in [-0.39, 0.29) is 24.4 Å². The number of ether oxygens (including phenoxy) is 1. The fourth-order valence-corrected chi connectivity index (χ4v) is 2.31. The van der Waals surface area contributed by atoms with E-state index in [2.05, 4.69) is 10.1 Å². The molecule has 1 heterocycles. The van der Waals surface area contributed by atoms with Crippen molar-refractivity contribution in [1.82, 2.24) is 5.32 Å². The molecule has 0 unspecified atom stereocenters. The summed E-state index contributed by atoms with van der Waals surface area (Å²) in [6.45, 7) is 0.0903. The second kappa shape index (κ2) is 5.34. The molecule has 4 nitrogen and oxygen atoms in total. The van der Waals surface area contributed by atoms with E-state index >= 15 is 0 Å². The summed E-state index contributed by atoms with van der Waals surface area (Å²) >= 11 is 0. The number of methoxy groups -OCH3 is 1. The van der Waals surface area contributed by atoms with E-state index in [9.17, 15) is 18.4 Å². The molecule has 0 saturated carbocycles. The first-order valence-electron chi connectivity index (χ1n) is 5.82. The highest BCUT2D eigenvalue weighted by atomic mass is 19.1. The summed E-state index contributed by atoms with van der Waals surface area (Å²) in [4.78, 5) is 23.1. The quantitative estimate of drug-likeness (QED) is 0.825. The van der Waals surface area contributed by atoms with Gasteiger partial charge in [0.2, 0.25) is 5.91 Å². The number of rotatable bonds is 2. The third-order valence-corrected chi connectivity index (χ3v) is 3.28. The van der Waals surface area contributed by atoms with Crippen molar-refractivity contribution in [1.29, 1.82) is 0 Å². The summed E-state index contributed by atoms with van der Waals surface area (Å²) in [7, 11) is 1.23. The number of carbonyl (C=O) groups excluding carboxylic acids is 2. The van der Waals surface area contributed by atoms with Crippen LogP contribution in [0.3, 0.4) is 0 Å². The number of piperidine rings is 1. The van der Waals surface area contributed by atoms with Crippen LogP contribution in [0.1, 0.15) is 17.9 Å². The molecule has 2 atom stereocenters. The summed E-state index contributed by atoms with van der Waals surface area (Å²) in [5.41, 5.74) is 0.159. The lowest BCUT2D eigenvalue weighted by Gasteiger charge is -2.30. The molecule has 0 radical (unpaired) electrons. The Labute approximate surface area is 108 Å². The minimum Gasteiger partial charge on any atom is -0.469 e. The molecular formula is C13H13F2NO3. The Morgan fingerprint density at radius 2 is 2.16 bits per heavy atom. The Kier molecular flexibility index (Phi) is 3.78. The highest BCUT2D eigenvalue weighted by Gasteiger charge is 2.37. The van der Waals surface area contributed by atoms with Crippen molar-refractivity contribution in [3.05, 3.63) is 35.4 Å². The van der Waals surface area contributed by atoms with Gasteiger partial charge in [0.25, 0.3) is 0 Å². The van der Waals surface area contributed by atoms with E-state index in [4.69, 9.17) is 0 Å². The highest BCUT2D eigenvalue weighted by molar-refractivity contribution is 5.83. The smallest absolute Gasteiger partial charge is 0.311 e. The molecule has 0 aliphatic carbocycles. The van der Waals surface area contributed by atoms with Crippen LogP contribution in [0.5, 0.6) is 0 Å². The Balaban J connectivity index is 2.36. The van der Waals surface area contributed by atoms with Crippen LogP contribution >= 0.6 is 0 Å². The van der Waals surface area contributed by atoms with Gasteiger partial charge in [-0.25, -0.2) is 8.78 Å². The Bertz CT molecular complexity index is 519. The van der Waals surface area contributed by atoms with Crippen molar-refractivity contribution in [2.45, 2.75) is 12.3 Å². The predicted molar refractivity (Wildman–Crippen MR) is 62.2 cm³/mol. The van der Waals surface area contributed by atoms with Gasteiger partial charge in [0.05, 0.1) is 13.0 Å². The average Bonchev–Trinajstić information content (AvgIpc) is 2.38. The van der Waals surface area contributed by atoms with E-state index in [1.54, 1.807) is 0 Å². The maximum Gasteiger partial charge on any atom is 0.311 e. The molecule has 102 valence electrons. The molecule has 2 rings (SSSR count). The largest absolute Gasteiger partial charge is 0.469 e. The van der Waals surface area contributed by atoms with Crippen molar-refractivity contribution in [3.8, 4) is 0 Å². The van der Waals surface area contributed by atoms with E-state index in [1.165, 1.54) is 13.2 Å². The number of esters is 1. The van der Waals surface area contributed by atoms with Gasteiger partial charge in [-0.15, -0.1) is 0 Å². The first-order chi connectivity index (χ1) is 9.02. The second-order valence-corrected chi connectivity index (χ2v) is 4.41. The topological polar surface area (TPSA) is 55.4 Å². The molecule has 1 fully saturated rings. The molecule has 1 N–H and O–H groups in total. The molecule has 0 aromatic heterocycles. The fraction of sp³-hybridized carbons (Fsp3) is 0.385. The van der Waals surface area contributed by atoms with Gasteiger partial charge in [-0.05, 0) is 11.6 Å². The van der Waals surface area contributed by atoms with Crippen molar-refractivity contribution in [2.75, 3.05) is 13.7 Å². The van der Waals surface area contributed by atoms with E-state index in [1.807, 2.05) is 0 Å². The molecule has 1 aromatic carbocycles. The van der Waals surface area contributed by atoms with Crippen molar-refractivity contribution >= 4 is 11.9 Å². The number of benzene rings is 1. The van der Waals surface area contributed by atoms with Crippen LogP contribution in [0.15, 0.2) is 18.2 Å². The zero-order chi connectivity index (χ0) is 14.0. The third kappa shape index (κ3) is 2.72. The number of hydrogen-bond donors (Lipinski definition) is 1. The van der Waals surface area contributed by atoms with E-state index < -0.39 is 29.4 Å². The van der Waals surface area contributed by atoms with Gasteiger partial charge in [-0.1, -0.05) is 6.07 Å². The molecule has 1 aromatic rings. The first kappa shape index (κ1) is 13.5. The standard InChI is InChI=1S/C13H13F2NO3/c1-19-13(18)10-6-16-12(17)5-9(10)8-3-2-7(14)4-11(8)15/h2-4,9-10H,5-6H2,1H3,(H,16,17)/t9-,10+/m0/s1. The normalized spacial score (nSPS) is 22.8. The van der Waals surface area contributed by atoms with Gasteiger partial charge in [-0.2, -0.15) is 0 Å². The molecular weight excluding hydrogens is 256 g/mol. The van der Waals surface area contributed by atoms with Crippen LogP contribution in [0.2, 0.25) is 0 Å². The van der Waals surface area contributed by atoms with Crippen LogP contribution in [0.4, 0.5) is 8.78 Å². The molecule has 19 heavy (non-hydrogen) atoms. The molecule has 1 aliphatic heterocycles. The lowest BCUT2D eigenvalue weighted by Crippen LogP contribution is -2.43. The van der Waals surface area contributed by atoms with Gasteiger partial charge in [-0.3, -0.25) is 9.59 Å². The average molecular weight is 269 g/mol. The summed E-state index contributed by atoms with van der Waals surface area (Å²) < 4.78 is 31.3. The first-order valence-corrected chi connectivity index (χ1v) is 5.82. The summed E-state index contributed by atoms with van der Waals surface area (Å²) in [6.07, 6.45) is -0.0255. The lowest BCUT2D eigenvalue weighted by molar-refractivity contribution is -0.147. The molecule has 6 heteroatoms. The van der Waals surface area contributed by atoms with E-state index in [0.29, 0.717) is 0 Å². The number of hydrogen-bond acceptors (Lipinski definition) is 3. The number of amides is 1. The predicted octanol–water partition coefficient (Wildman–Crippen LogP) is 1.36. The van der Waals surface area contributed by atoms with Crippen LogP contribution in [-0.2, 0) is 14.3 Å². The lowest BCUT2D eigenvalue weighted by atomic mass is 9.80. The monoisotopic (exact) mass is 269 g/mol. The van der Waals surface area contributed by atoms with Gasteiger partial charge in [0.15, 0.2) is 0 Å². The number of carbonyl (C=O) groups is 2. The zero-order valence-electron chi connectivity index (χ0n) is 10.3. The van der Waals surface area contributed by atoms with E-state index in [0.717, 1.165) is 12.1 Å². The molecule has 0 spiro atoms. The zero-order valence-corrected chi connectivity index (χ0v) is 10.3. The van der Waals surface area contributed by atoms with Crippen LogP contribution in [-0.4, -0.2) is 25.5 Å². The molecule has 1 aliphatic rings. The molecule has 1 saturated heterocycles. The maximum atomic E-state index is 13.8. The maximum absolute atomic E-state index is 13.8.